The van der Waals surface area contributed by atoms with Crippen LogP contribution in [-0.4, -0.2) is 18.1 Å². The Morgan fingerprint density at radius 2 is 1.95 bits per heavy atom. The lowest BCUT2D eigenvalue weighted by Gasteiger charge is -2.19. The summed E-state index contributed by atoms with van der Waals surface area (Å²) in [7, 11) is 0. The van der Waals surface area contributed by atoms with E-state index in [0.717, 1.165) is 12.8 Å². The first-order valence-corrected chi connectivity index (χ1v) is 8.61. The van der Waals surface area contributed by atoms with Crippen molar-refractivity contribution in [3.8, 4) is 5.75 Å². The second kappa shape index (κ2) is 9.96. The van der Waals surface area contributed by atoms with E-state index in [4.69, 9.17) is 27.9 Å². The summed E-state index contributed by atoms with van der Waals surface area (Å²) in [6, 6.07) is 5.10. The molecule has 2 atom stereocenters. The zero-order chi connectivity index (χ0) is 16.5. The summed E-state index contributed by atoms with van der Waals surface area (Å²) in [5, 5.41) is 3.91. The van der Waals surface area contributed by atoms with E-state index >= 15 is 0 Å². The summed E-state index contributed by atoms with van der Waals surface area (Å²) in [6.45, 7) is 5.92. The lowest BCUT2D eigenvalue weighted by molar-refractivity contribution is -0.127. The van der Waals surface area contributed by atoms with Gasteiger partial charge in [0.2, 0.25) is 0 Å². The zero-order valence-electron chi connectivity index (χ0n) is 13.5. The van der Waals surface area contributed by atoms with E-state index in [2.05, 4.69) is 12.2 Å². The molecule has 0 saturated carbocycles. The molecule has 1 aromatic carbocycles. The number of ether oxygens (including phenoxy) is 1. The number of hydrogen-bond acceptors (Lipinski definition) is 2. The SMILES string of the molecule is CCCCCCC(C)NC(=O)C(C)Oc1ccc(Cl)cc1Cl. The van der Waals surface area contributed by atoms with Crippen molar-refractivity contribution in [3.63, 3.8) is 0 Å². The molecule has 2 unspecified atom stereocenters. The van der Waals surface area contributed by atoms with Crippen LogP contribution in [0.1, 0.15) is 52.9 Å². The maximum Gasteiger partial charge on any atom is 0.260 e. The molecule has 0 bridgehead atoms. The molecule has 5 heteroatoms. The van der Waals surface area contributed by atoms with Gasteiger partial charge in [0, 0.05) is 11.1 Å². The number of carbonyl (C=O) groups excluding carboxylic acids is 1. The van der Waals surface area contributed by atoms with Gasteiger partial charge in [-0.2, -0.15) is 0 Å². The van der Waals surface area contributed by atoms with Crippen LogP contribution in [0, 0.1) is 0 Å². The Bertz CT molecular complexity index is 480. The number of nitrogens with one attached hydrogen (secondary N) is 1. The molecular weight excluding hydrogens is 321 g/mol. The van der Waals surface area contributed by atoms with Gasteiger partial charge in [-0.3, -0.25) is 4.79 Å². The first-order valence-electron chi connectivity index (χ1n) is 7.86. The Labute approximate surface area is 143 Å². The molecule has 1 N–H and O–H groups in total. The number of unbranched alkanes of at least 4 members (excludes halogenated alkanes) is 3. The van der Waals surface area contributed by atoms with Crippen molar-refractivity contribution in [1.29, 1.82) is 0 Å². The molecule has 124 valence electrons. The van der Waals surface area contributed by atoms with Gasteiger partial charge < -0.3 is 10.1 Å². The van der Waals surface area contributed by atoms with E-state index in [0.29, 0.717) is 15.8 Å². The van der Waals surface area contributed by atoms with Gasteiger partial charge in [-0.15, -0.1) is 0 Å². The van der Waals surface area contributed by atoms with Crippen molar-refractivity contribution in [2.24, 2.45) is 0 Å². The minimum Gasteiger partial charge on any atom is -0.479 e. The molecule has 0 aromatic heterocycles. The molecule has 0 spiro atoms. The number of halogens is 2. The Morgan fingerprint density at radius 1 is 1.23 bits per heavy atom. The van der Waals surface area contributed by atoms with Crippen molar-refractivity contribution in [1.82, 2.24) is 5.32 Å². The fraction of sp³-hybridized carbons (Fsp3) is 0.588. The van der Waals surface area contributed by atoms with Crippen molar-refractivity contribution in [3.05, 3.63) is 28.2 Å². The van der Waals surface area contributed by atoms with Crippen LogP contribution in [0.25, 0.3) is 0 Å². The second-order valence-electron chi connectivity index (χ2n) is 5.59. The fourth-order valence-electron chi connectivity index (χ4n) is 2.12. The van der Waals surface area contributed by atoms with E-state index in [1.165, 1.54) is 19.3 Å². The highest BCUT2D eigenvalue weighted by atomic mass is 35.5. The molecule has 1 rings (SSSR count). The average molecular weight is 346 g/mol. The van der Waals surface area contributed by atoms with E-state index in [9.17, 15) is 4.79 Å². The van der Waals surface area contributed by atoms with E-state index in [-0.39, 0.29) is 11.9 Å². The summed E-state index contributed by atoms with van der Waals surface area (Å²) in [6.07, 6.45) is 5.19. The van der Waals surface area contributed by atoms with Crippen molar-refractivity contribution >= 4 is 29.1 Å². The highest BCUT2D eigenvalue weighted by molar-refractivity contribution is 6.35. The van der Waals surface area contributed by atoms with Crippen LogP contribution in [0.5, 0.6) is 5.75 Å². The normalized spacial score (nSPS) is 13.5. The van der Waals surface area contributed by atoms with Gasteiger partial charge >= 0.3 is 0 Å². The monoisotopic (exact) mass is 345 g/mol. The van der Waals surface area contributed by atoms with Gasteiger partial charge in [0.05, 0.1) is 5.02 Å². The number of amides is 1. The smallest absolute Gasteiger partial charge is 0.260 e. The first kappa shape index (κ1) is 19.1. The molecule has 0 fully saturated rings. The maximum absolute atomic E-state index is 12.1. The third-order valence-electron chi connectivity index (χ3n) is 3.45. The highest BCUT2D eigenvalue weighted by Crippen LogP contribution is 2.28. The standard InChI is InChI=1S/C17H25Cl2NO2/c1-4-5-6-7-8-12(2)20-17(21)13(3)22-16-10-9-14(18)11-15(16)19/h9-13H,4-8H2,1-3H3,(H,20,21). The van der Waals surface area contributed by atoms with Gasteiger partial charge in [0.15, 0.2) is 6.10 Å². The lowest BCUT2D eigenvalue weighted by atomic mass is 10.1. The summed E-state index contributed by atoms with van der Waals surface area (Å²) < 4.78 is 5.60. The number of hydrogen-bond donors (Lipinski definition) is 1. The second-order valence-corrected chi connectivity index (χ2v) is 6.44. The first-order chi connectivity index (χ1) is 10.4. The molecular formula is C17H25Cl2NO2. The largest absolute Gasteiger partial charge is 0.479 e. The highest BCUT2D eigenvalue weighted by Gasteiger charge is 2.18. The van der Waals surface area contributed by atoms with Crippen molar-refractivity contribution < 1.29 is 9.53 Å². The molecule has 0 aliphatic heterocycles. The zero-order valence-corrected chi connectivity index (χ0v) is 15.0. The number of benzene rings is 1. The molecule has 0 saturated heterocycles. The minimum absolute atomic E-state index is 0.131. The van der Waals surface area contributed by atoms with Crippen LogP contribution in [0.4, 0.5) is 0 Å². The quantitative estimate of drug-likeness (QED) is 0.621. The Hall–Kier alpha value is -0.930. The van der Waals surface area contributed by atoms with Gasteiger partial charge in [0.1, 0.15) is 5.75 Å². The summed E-state index contributed by atoms with van der Waals surface area (Å²) in [5.41, 5.74) is 0. The predicted molar refractivity (Wildman–Crippen MR) is 92.9 cm³/mol. The van der Waals surface area contributed by atoms with Gasteiger partial charge in [-0.25, -0.2) is 0 Å². The Kier molecular flexibility index (Phi) is 8.66. The fourth-order valence-corrected chi connectivity index (χ4v) is 2.58. The van der Waals surface area contributed by atoms with Gasteiger partial charge in [0.25, 0.3) is 5.91 Å². The topological polar surface area (TPSA) is 38.3 Å². The third kappa shape index (κ3) is 6.89. The molecule has 3 nitrogen and oxygen atoms in total. The summed E-state index contributed by atoms with van der Waals surface area (Å²) >= 11 is 11.9. The third-order valence-corrected chi connectivity index (χ3v) is 3.98. The van der Waals surface area contributed by atoms with Crippen LogP contribution in [-0.2, 0) is 4.79 Å². The molecule has 22 heavy (non-hydrogen) atoms. The molecule has 0 heterocycles. The molecule has 1 aromatic rings. The van der Waals surface area contributed by atoms with Crippen molar-refractivity contribution in [2.45, 2.75) is 65.0 Å². The van der Waals surface area contributed by atoms with Gasteiger partial charge in [-0.05, 0) is 38.5 Å². The summed E-state index contributed by atoms with van der Waals surface area (Å²) in [5.74, 6) is 0.332. The number of rotatable bonds is 9. The lowest BCUT2D eigenvalue weighted by Crippen LogP contribution is -2.41. The van der Waals surface area contributed by atoms with Crippen LogP contribution in [0.3, 0.4) is 0 Å². The predicted octanol–water partition coefficient (Wildman–Crippen LogP) is 5.24. The van der Waals surface area contributed by atoms with E-state index in [1.54, 1.807) is 25.1 Å². The number of carbonyl (C=O) groups is 1. The van der Waals surface area contributed by atoms with Crippen molar-refractivity contribution in [2.75, 3.05) is 0 Å². The van der Waals surface area contributed by atoms with Gasteiger partial charge in [-0.1, -0.05) is 55.8 Å². The van der Waals surface area contributed by atoms with E-state index in [1.807, 2.05) is 6.92 Å². The molecule has 0 aliphatic carbocycles. The van der Waals surface area contributed by atoms with Crippen LogP contribution >= 0.6 is 23.2 Å². The van der Waals surface area contributed by atoms with Crippen LogP contribution in [0.15, 0.2) is 18.2 Å². The Morgan fingerprint density at radius 3 is 2.59 bits per heavy atom. The summed E-state index contributed by atoms with van der Waals surface area (Å²) in [4.78, 5) is 12.1. The molecule has 0 radical (unpaired) electrons. The molecule has 0 aliphatic rings. The van der Waals surface area contributed by atoms with Crippen LogP contribution < -0.4 is 10.1 Å². The molecule has 1 amide bonds. The van der Waals surface area contributed by atoms with Crippen LogP contribution in [0.2, 0.25) is 10.0 Å². The Balaban J connectivity index is 2.41. The maximum atomic E-state index is 12.1. The average Bonchev–Trinajstić information content (AvgIpc) is 2.46. The van der Waals surface area contributed by atoms with E-state index < -0.39 is 6.10 Å². The minimum atomic E-state index is -0.600.